The fourth-order valence-electron chi connectivity index (χ4n) is 0.456. The molecule has 1 aliphatic rings. The molecule has 1 saturated heterocycles. The summed E-state index contributed by atoms with van der Waals surface area (Å²) < 4.78 is 0. The van der Waals surface area contributed by atoms with Gasteiger partial charge in [-0.25, -0.2) is 5.48 Å². The molecule has 1 radical (unpaired) electrons. The maximum absolute atomic E-state index is 4.79. The predicted molar refractivity (Wildman–Crippen MR) is 22.8 cm³/mol. The molecule has 0 aliphatic carbocycles. The van der Waals surface area contributed by atoms with Crippen molar-refractivity contribution in [3.63, 3.8) is 0 Å². The van der Waals surface area contributed by atoms with Crippen molar-refractivity contribution in [2.24, 2.45) is 0 Å². The minimum atomic E-state index is 0.185. The van der Waals surface area contributed by atoms with Crippen LogP contribution in [0.5, 0.6) is 0 Å². The summed E-state index contributed by atoms with van der Waals surface area (Å²) in [5.41, 5.74) is 2.71. The van der Waals surface area contributed by atoms with Gasteiger partial charge in [-0.05, 0) is 13.3 Å². The molecule has 0 aromatic rings. The maximum atomic E-state index is 4.79. The molecule has 0 spiro atoms. The Morgan fingerprint density at radius 2 is 2.67 bits per heavy atom. The molecule has 0 bridgehead atoms. The van der Waals surface area contributed by atoms with Gasteiger partial charge in [0.2, 0.25) is 0 Å². The second-order valence-corrected chi connectivity index (χ2v) is 1.42. The molecule has 1 heterocycles. The van der Waals surface area contributed by atoms with Crippen LogP contribution in [0, 0.1) is 6.92 Å². The number of hydroxylamine groups is 1. The summed E-state index contributed by atoms with van der Waals surface area (Å²) in [6.07, 6.45) is 1.23. The van der Waals surface area contributed by atoms with Crippen molar-refractivity contribution in [3.05, 3.63) is 6.92 Å². The molecule has 0 aromatic carbocycles. The largest absolute Gasteiger partial charge is 0.298 e. The van der Waals surface area contributed by atoms with Gasteiger partial charge < -0.3 is 0 Å². The van der Waals surface area contributed by atoms with Crippen LogP contribution in [-0.4, -0.2) is 12.6 Å². The Balaban J connectivity index is 2.18. The standard InChI is InChI=1S/C4H8NO/c1-4-2-3-5-6-4/h4-5H,1-3H2. The first-order chi connectivity index (χ1) is 2.89. The van der Waals surface area contributed by atoms with Crippen molar-refractivity contribution in [1.82, 2.24) is 5.48 Å². The minimum Gasteiger partial charge on any atom is -0.298 e. The number of rotatable bonds is 0. The zero-order valence-electron chi connectivity index (χ0n) is 3.61. The van der Waals surface area contributed by atoms with Crippen LogP contribution in [0.3, 0.4) is 0 Å². The maximum Gasteiger partial charge on any atom is 0.0804 e. The van der Waals surface area contributed by atoms with E-state index in [2.05, 4.69) is 12.4 Å². The Bertz CT molecular complexity index is 40.8. The average Bonchev–Trinajstić information content (AvgIpc) is 1.86. The van der Waals surface area contributed by atoms with Crippen LogP contribution < -0.4 is 5.48 Å². The Morgan fingerprint density at radius 3 is 2.83 bits per heavy atom. The normalized spacial score (nSPS) is 34.5. The van der Waals surface area contributed by atoms with Gasteiger partial charge in [0.25, 0.3) is 0 Å². The van der Waals surface area contributed by atoms with E-state index in [1.807, 2.05) is 0 Å². The summed E-state index contributed by atoms with van der Waals surface area (Å²) in [5.74, 6) is 0. The van der Waals surface area contributed by atoms with Crippen molar-refractivity contribution in [2.75, 3.05) is 6.54 Å². The highest BCUT2D eigenvalue weighted by Crippen LogP contribution is 1.98. The monoisotopic (exact) mass is 86.1 g/mol. The van der Waals surface area contributed by atoms with Crippen molar-refractivity contribution in [3.8, 4) is 0 Å². The van der Waals surface area contributed by atoms with Gasteiger partial charge in [0.05, 0.1) is 6.10 Å². The molecule has 0 amide bonds. The molecular formula is C4H8NO. The van der Waals surface area contributed by atoms with E-state index in [9.17, 15) is 0 Å². The zero-order valence-corrected chi connectivity index (χ0v) is 3.61. The lowest BCUT2D eigenvalue weighted by Gasteiger charge is -1.92. The summed E-state index contributed by atoms with van der Waals surface area (Å²) in [6, 6.07) is 0. The lowest BCUT2D eigenvalue weighted by Crippen LogP contribution is -2.05. The average molecular weight is 86.1 g/mol. The van der Waals surface area contributed by atoms with Crippen LogP contribution in [0.2, 0.25) is 0 Å². The molecule has 35 valence electrons. The molecule has 1 fully saturated rings. The van der Waals surface area contributed by atoms with E-state index < -0.39 is 0 Å². The van der Waals surface area contributed by atoms with Crippen LogP contribution in [0.25, 0.3) is 0 Å². The third-order valence-electron chi connectivity index (χ3n) is 0.818. The molecule has 6 heavy (non-hydrogen) atoms. The summed E-state index contributed by atoms with van der Waals surface area (Å²) in [4.78, 5) is 4.79. The molecule has 1 unspecified atom stereocenters. The molecule has 0 saturated carbocycles. The molecule has 1 aliphatic heterocycles. The van der Waals surface area contributed by atoms with Gasteiger partial charge in [-0.3, -0.25) is 4.84 Å². The Hall–Kier alpha value is -0.0800. The van der Waals surface area contributed by atoms with Gasteiger partial charge in [-0.2, -0.15) is 0 Å². The third-order valence-corrected chi connectivity index (χ3v) is 0.818. The highest BCUT2D eigenvalue weighted by Gasteiger charge is 2.07. The third kappa shape index (κ3) is 0.698. The fourth-order valence-corrected chi connectivity index (χ4v) is 0.456. The zero-order chi connectivity index (χ0) is 4.41. The van der Waals surface area contributed by atoms with Crippen LogP contribution in [0.15, 0.2) is 0 Å². The van der Waals surface area contributed by atoms with Crippen LogP contribution in [-0.2, 0) is 4.84 Å². The highest BCUT2D eigenvalue weighted by atomic mass is 16.7. The lowest BCUT2D eigenvalue weighted by molar-refractivity contribution is 0.0595. The lowest BCUT2D eigenvalue weighted by atomic mass is 10.3. The number of hydrogen-bond acceptors (Lipinski definition) is 2. The highest BCUT2D eigenvalue weighted by molar-refractivity contribution is 4.63. The van der Waals surface area contributed by atoms with E-state index in [1.54, 1.807) is 0 Å². The summed E-state index contributed by atoms with van der Waals surface area (Å²) in [5, 5.41) is 0. The van der Waals surface area contributed by atoms with E-state index in [4.69, 9.17) is 4.84 Å². The van der Waals surface area contributed by atoms with Gasteiger partial charge >= 0.3 is 0 Å². The van der Waals surface area contributed by atoms with Gasteiger partial charge in [-0.15, -0.1) is 0 Å². The summed E-state index contributed by atoms with van der Waals surface area (Å²) in [6.45, 7) is 4.61. The van der Waals surface area contributed by atoms with E-state index in [0.29, 0.717) is 0 Å². The van der Waals surface area contributed by atoms with E-state index >= 15 is 0 Å². The van der Waals surface area contributed by atoms with Crippen molar-refractivity contribution in [1.29, 1.82) is 0 Å². The Kier molecular flexibility index (Phi) is 1.08. The number of hydrogen-bond donors (Lipinski definition) is 1. The first-order valence-electron chi connectivity index (χ1n) is 2.11. The van der Waals surface area contributed by atoms with Crippen molar-refractivity contribution >= 4 is 0 Å². The summed E-state index contributed by atoms with van der Waals surface area (Å²) >= 11 is 0. The molecule has 2 heteroatoms. The van der Waals surface area contributed by atoms with Gasteiger partial charge in [0.1, 0.15) is 0 Å². The van der Waals surface area contributed by atoms with Gasteiger partial charge in [-0.1, -0.05) is 0 Å². The molecular weight excluding hydrogens is 78.0 g/mol. The fraction of sp³-hybridized carbons (Fsp3) is 0.750. The molecule has 2 nitrogen and oxygen atoms in total. The summed E-state index contributed by atoms with van der Waals surface area (Å²) in [7, 11) is 0. The minimum absolute atomic E-state index is 0.185. The SMILES string of the molecule is [CH2]C1CCNO1. The molecule has 1 rings (SSSR count). The first-order valence-corrected chi connectivity index (χ1v) is 2.11. The van der Waals surface area contributed by atoms with E-state index in [1.165, 1.54) is 0 Å². The van der Waals surface area contributed by atoms with Gasteiger partial charge in [0.15, 0.2) is 0 Å². The van der Waals surface area contributed by atoms with E-state index in [0.717, 1.165) is 13.0 Å². The molecule has 1 atom stereocenters. The van der Waals surface area contributed by atoms with Crippen LogP contribution in [0.4, 0.5) is 0 Å². The molecule has 1 N–H and O–H groups in total. The predicted octanol–water partition coefficient (Wildman–Crippen LogP) is 0.114. The van der Waals surface area contributed by atoms with Crippen LogP contribution >= 0.6 is 0 Å². The van der Waals surface area contributed by atoms with Gasteiger partial charge in [0, 0.05) is 6.54 Å². The Morgan fingerprint density at radius 1 is 1.83 bits per heavy atom. The smallest absolute Gasteiger partial charge is 0.0804 e. The molecule has 0 aromatic heterocycles. The quantitative estimate of drug-likeness (QED) is 0.452. The first kappa shape index (κ1) is 4.09. The van der Waals surface area contributed by atoms with Crippen molar-refractivity contribution in [2.45, 2.75) is 12.5 Å². The Labute approximate surface area is 37.4 Å². The number of nitrogens with one attached hydrogen (secondary N) is 1. The second-order valence-electron chi connectivity index (χ2n) is 1.42. The topological polar surface area (TPSA) is 21.3 Å². The van der Waals surface area contributed by atoms with E-state index in [-0.39, 0.29) is 6.10 Å². The van der Waals surface area contributed by atoms with Crippen LogP contribution in [0.1, 0.15) is 6.42 Å². The van der Waals surface area contributed by atoms with Crippen molar-refractivity contribution < 1.29 is 4.84 Å². The second kappa shape index (κ2) is 1.58.